The molecule has 0 unspecified atom stereocenters. The fourth-order valence-corrected chi connectivity index (χ4v) is 2.66. The first-order valence-electron chi connectivity index (χ1n) is 6.86. The monoisotopic (exact) mass is 318 g/mol. The molecule has 0 saturated carbocycles. The number of benzene rings is 1. The molecule has 1 aromatic carbocycles. The third kappa shape index (κ3) is 4.47. The molecule has 0 atom stereocenters. The van der Waals surface area contributed by atoms with Crippen molar-refractivity contribution in [1.29, 1.82) is 0 Å². The number of ether oxygens (including phenoxy) is 2. The molecule has 0 aliphatic carbocycles. The predicted molar refractivity (Wildman–Crippen MR) is 85.5 cm³/mol. The average molecular weight is 318 g/mol. The summed E-state index contributed by atoms with van der Waals surface area (Å²) in [6.45, 7) is 2.49. The largest absolute Gasteiger partial charge is 0.463 e. The lowest BCUT2D eigenvalue weighted by Crippen LogP contribution is -2.04. The van der Waals surface area contributed by atoms with Crippen LogP contribution in [-0.4, -0.2) is 29.2 Å². The maximum absolute atomic E-state index is 11.4. The lowest BCUT2D eigenvalue weighted by molar-refractivity contribution is -0.137. The number of methoxy groups -OCH3 is 1. The highest BCUT2D eigenvalue weighted by molar-refractivity contribution is 7.99. The Morgan fingerprint density at radius 2 is 2.14 bits per heavy atom. The third-order valence-corrected chi connectivity index (χ3v) is 3.75. The minimum Gasteiger partial charge on any atom is -0.463 e. The Bertz CT molecular complexity index is 638. The first kappa shape index (κ1) is 16.3. The normalized spacial score (nSPS) is 11.0. The van der Waals surface area contributed by atoms with Crippen LogP contribution in [0.4, 0.5) is 0 Å². The van der Waals surface area contributed by atoms with Crippen molar-refractivity contribution in [3.63, 3.8) is 0 Å². The molecule has 2 rings (SSSR count). The van der Waals surface area contributed by atoms with E-state index in [9.17, 15) is 4.79 Å². The molecule has 1 aromatic heterocycles. The van der Waals surface area contributed by atoms with Gasteiger partial charge in [0, 0.05) is 18.1 Å². The van der Waals surface area contributed by atoms with Gasteiger partial charge >= 0.3 is 5.97 Å². The summed E-state index contributed by atoms with van der Waals surface area (Å²) in [4.78, 5) is 16.9. The summed E-state index contributed by atoms with van der Waals surface area (Å²) < 4.78 is 12.0. The second kappa shape index (κ2) is 8.41. The first-order chi connectivity index (χ1) is 10.7. The molecule has 116 valence electrons. The van der Waals surface area contributed by atoms with Crippen molar-refractivity contribution >= 4 is 23.8 Å². The highest BCUT2D eigenvalue weighted by atomic mass is 32.2. The number of nitrogens with zero attached hydrogens (tertiary/aromatic N) is 2. The van der Waals surface area contributed by atoms with Crippen LogP contribution in [0.3, 0.4) is 0 Å². The fourth-order valence-electron chi connectivity index (χ4n) is 1.78. The van der Waals surface area contributed by atoms with Crippen LogP contribution in [0, 0.1) is 0 Å². The van der Waals surface area contributed by atoms with Crippen molar-refractivity contribution in [3.8, 4) is 0 Å². The molecular weight excluding hydrogens is 300 g/mol. The van der Waals surface area contributed by atoms with E-state index in [1.54, 1.807) is 38.1 Å². The van der Waals surface area contributed by atoms with Crippen LogP contribution in [0.2, 0.25) is 0 Å². The number of carbonyl (C=O) groups excluding carboxylic acids is 1. The highest BCUT2D eigenvalue weighted by Crippen LogP contribution is 2.27. The Balaban J connectivity index is 2.19. The molecule has 5 nitrogen and oxygen atoms in total. The van der Waals surface area contributed by atoms with E-state index in [0.29, 0.717) is 13.3 Å². The molecule has 0 fully saturated rings. The van der Waals surface area contributed by atoms with Gasteiger partial charge in [-0.3, -0.25) is 4.57 Å². The quantitative estimate of drug-likeness (QED) is 0.579. The number of hydrogen-bond donors (Lipinski definition) is 0. The molecule has 0 saturated heterocycles. The summed E-state index contributed by atoms with van der Waals surface area (Å²) in [5.41, 5.74) is 0.785. The lowest BCUT2D eigenvalue weighted by atomic mass is 10.4. The van der Waals surface area contributed by atoms with Crippen molar-refractivity contribution < 1.29 is 14.3 Å². The van der Waals surface area contributed by atoms with Gasteiger partial charge in [0.05, 0.1) is 18.5 Å². The molecule has 0 amide bonds. The molecule has 2 aromatic rings. The number of carbonyl (C=O) groups is 1. The van der Waals surface area contributed by atoms with Crippen LogP contribution in [-0.2, 0) is 21.0 Å². The van der Waals surface area contributed by atoms with Crippen molar-refractivity contribution in [2.24, 2.45) is 0 Å². The summed E-state index contributed by atoms with van der Waals surface area (Å²) in [6.07, 6.45) is 4.78. The van der Waals surface area contributed by atoms with E-state index >= 15 is 0 Å². The fraction of sp³-hybridized carbons (Fsp3) is 0.250. The second-order valence-corrected chi connectivity index (χ2v) is 5.35. The Morgan fingerprint density at radius 3 is 2.82 bits per heavy atom. The van der Waals surface area contributed by atoms with E-state index in [-0.39, 0.29) is 5.97 Å². The smallest absolute Gasteiger partial charge is 0.330 e. The summed E-state index contributed by atoms with van der Waals surface area (Å²) >= 11 is 1.54. The Hall–Kier alpha value is -2.05. The van der Waals surface area contributed by atoms with Crippen LogP contribution in [0.15, 0.2) is 52.7 Å². The van der Waals surface area contributed by atoms with Crippen LogP contribution in [0.1, 0.15) is 12.6 Å². The highest BCUT2D eigenvalue weighted by Gasteiger charge is 2.10. The summed E-state index contributed by atoms with van der Waals surface area (Å²) in [7, 11) is 1.62. The Kier molecular flexibility index (Phi) is 6.24. The van der Waals surface area contributed by atoms with E-state index in [4.69, 9.17) is 9.47 Å². The summed E-state index contributed by atoms with van der Waals surface area (Å²) in [6, 6.07) is 9.97. The summed E-state index contributed by atoms with van der Waals surface area (Å²) in [5, 5.41) is 0.802. The van der Waals surface area contributed by atoms with Gasteiger partial charge in [-0.25, -0.2) is 9.78 Å². The second-order valence-electron chi connectivity index (χ2n) is 4.31. The lowest BCUT2D eigenvalue weighted by Gasteiger charge is -2.08. The maximum atomic E-state index is 11.4. The molecule has 0 spiro atoms. The van der Waals surface area contributed by atoms with E-state index in [1.807, 2.05) is 34.9 Å². The maximum Gasteiger partial charge on any atom is 0.330 e. The van der Waals surface area contributed by atoms with Crippen LogP contribution in [0.5, 0.6) is 0 Å². The molecule has 1 heterocycles. The molecule has 0 bridgehead atoms. The molecule has 0 radical (unpaired) electrons. The van der Waals surface area contributed by atoms with E-state index in [0.717, 1.165) is 15.7 Å². The Morgan fingerprint density at radius 1 is 1.36 bits per heavy atom. The van der Waals surface area contributed by atoms with Crippen LogP contribution < -0.4 is 0 Å². The molecular formula is C16H18N2O3S. The van der Waals surface area contributed by atoms with Crippen molar-refractivity contribution in [2.45, 2.75) is 23.7 Å². The number of rotatable bonds is 7. The first-order valence-corrected chi connectivity index (χ1v) is 7.68. The van der Waals surface area contributed by atoms with Crippen LogP contribution >= 0.6 is 11.8 Å². The number of hydrogen-bond acceptors (Lipinski definition) is 5. The number of imidazole rings is 1. The van der Waals surface area contributed by atoms with Gasteiger partial charge in [0.1, 0.15) is 6.73 Å². The number of aromatic nitrogens is 2. The summed E-state index contributed by atoms with van der Waals surface area (Å²) in [5.74, 6) is -0.370. The van der Waals surface area contributed by atoms with Gasteiger partial charge in [-0.2, -0.15) is 0 Å². The number of esters is 1. The van der Waals surface area contributed by atoms with Crippen molar-refractivity contribution in [1.82, 2.24) is 9.55 Å². The third-order valence-electron chi connectivity index (χ3n) is 2.74. The van der Waals surface area contributed by atoms with Gasteiger partial charge in [0.25, 0.3) is 0 Å². The van der Waals surface area contributed by atoms with Gasteiger partial charge < -0.3 is 9.47 Å². The van der Waals surface area contributed by atoms with Gasteiger partial charge in [0.2, 0.25) is 0 Å². The molecule has 6 heteroatoms. The van der Waals surface area contributed by atoms with Crippen molar-refractivity contribution in [3.05, 3.63) is 48.3 Å². The molecule has 0 aliphatic heterocycles. The average Bonchev–Trinajstić information content (AvgIpc) is 2.89. The topological polar surface area (TPSA) is 53.3 Å². The minimum absolute atomic E-state index is 0.357. The molecule has 0 N–H and O–H groups in total. The standard InChI is InChI=1S/C16H18N2O3S/c1-3-21-15(19)10-9-13-11-17-16(18(13)12-20-2)22-14-7-5-4-6-8-14/h4-11H,3,12H2,1-2H3/b10-9+. The molecule has 0 aliphatic rings. The van der Waals surface area contributed by atoms with E-state index < -0.39 is 0 Å². The predicted octanol–water partition coefficient (Wildman–Crippen LogP) is 3.21. The zero-order valence-corrected chi connectivity index (χ0v) is 13.4. The van der Waals surface area contributed by atoms with Gasteiger partial charge in [-0.1, -0.05) is 30.0 Å². The molecule has 22 heavy (non-hydrogen) atoms. The Labute approximate surface area is 134 Å². The van der Waals surface area contributed by atoms with Gasteiger partial charge in [0.15, 0.2) is 5.16 Å². The zero-order valence-electron chi connectivity index (χ0n) is 12.6. The van der Waals surface area contributed by atoms with E-state index in [2.05, 4.69) is 4.98 Å². The van der Waals surface area contributed by atoms with Gasteiger partial charge in [-0.15, -0.1) is 0 Å². The van der Waals surface area contributed by atoms with E-state index in [1.165, 1.54) is 6.08 Å². The minimum atomic E-state index is -0.370. The van der Waals surface area contributed by atoms with Crippen molar-refractivity contribution in [2.75, 3.05) is 13.7 Å². The zero-order chi connectivity index (χ0) is 15.8. The van der Waals surface area contributed by atoms with Crippen LogP contribution in [0.25, 0.3) is 6.08 Å². The van der Waals surface area contributed by atoms with Gasteiger partial charge in [-0.05, 0) is 25.1 Å². The SMILES string of the molecule is CCOC(=O)/C=C/c1cnc(Sc2ccccc2)n1COC.